The minimum atomic E-state index is -0.831. The average molecular weight is 215 g/mol. The van der Waals surface area contributed by atoms with Crippen molar-refractivity contribution in [1.82, 2.24) is 15.8 Å². The van der Waals surface area contributed by atoms with Gasteiger partial charge in [-0.25, -0.2) is 9.80 Å². The molecule has 0 radical (unpaired) electrons. The first-order chi connectivity index (χ1) is 7.00. The van der Waals surface area contributed by atoms with E-state index >= 15 is 0 Å². The smallest absolute Gasteiger partial charge is 0.329 e. The lowest BCUT2D eigenvalue weighted by Crippen LogP contribution is -2.49. The van der Waals surface area contributed by atoms with E-state index in [0.717, 1.165) is 12.8 Å². The van der Waals surface area contributed by atoms with E-state index in [2.05, 4.69) is 10.7 Å². The highest BCUT2D eigenvalue weighted by Gasteiger charge is 2.33. The number of carboxylic acids is 1. The molecule has 86 valence electrons. The summed E-state index contributed by atoms with van der Waals surface area (Å²) in [5.41, 5.74) is 2.52. The zero-order valence-electron chi connectivity index (χ0n) is 8.99. The molecular weight excluding hydrogens is 198 g/mol. The molecule has 0 bridgehead atoms. The van der Waals surface area contributed by atoms with Crippen LogP contribution in [0.5, 0.6) is 0 Å². The van der Waals surface area contributed by atoms with Crippen LogP contribution in [-0.2, 0) is 4.79 Å². The maximum absolute atomic E-state index is 11.3. The third kappa shape index (κ3) is 3.39. The number of amides is 2. The van der Waals surface area contributed by atoms with E-state index < -0.39 is 11.9 Å². The second-order valence-corrected chi connectivity index (χ2v) is 3.96. The first kappa shape index (κ1) is 11.8. The molecule has 15 heavy (non-hydrogen) atoms. The van der Waals surface area contributed by atoms with Gasteiger partial charge in [-0.1, -0.05) is 6.42 Å². The van der Waals surface area contributed by atoms with Gasteiger partial charge in [-0.15, -0.1) is 0 Å². The Balaban J connectivity index is 2.43. The van der Waals surface area contributed by atoms with Crippen LogP contribution in [0.1, 0.15) is 19.3 Å². The molecule has 6 nitrogen and oxygen atoms in total. The highest BCUT2D eigenvalue weighted by molar-refractivity contribution is 5.76. The molecule has 2 amide bonds. The fourth-order valence-electron chi connectivity index (χ4n) is 1.83. The van der Waals surface area contributed by atoms with Crippen LogP contribution in [0.25, 0.3) is 0 Å². The number of aliphatic carboxylic acids is 1. The van der Waals surface area contributed by atoms with Crippen LogP contribution in [-0.4, -0.2) is 42.3 Å². The Bertz CT molecular complexity index is 255. The normalized spacial score (nSPS) is 25.3. The number of urea groups is 1. The second kappa shape index (κ2) is 4.97. The summed E-state index contributed by atoms with van der Waals surface area (Å²) in [6.07, 6.45) is 2.23. The summed E-state index contributed by atoms with van der Waals surface area (Å²) in [4.78, 5) is 22.2. The van der Waals surface area contributed by atoms with Gasteiger partial charge in [-0.3, -0.25) is 10.2 Å². The van der Waals surface area contributed by atoms with E-state index in [1.807, 2.05) is 0 Å². The van der Waals surface area contributed by atoms with Gasteiger partial charge in [-0.2, -0.15) is 0 Å². The SMILES string of the molecule is CN(C)NC(=O)N[C@@H]1CCC[C@@H]1C(=O)O. The Labute approximate surface area is 88.6 Å². The van der Waals surface area contributed by atoms with E-state index in [1.165, 1.54) is 5.01 Å². The molecule has 0 saturated heterocycles. The van der Waals surface area contributed by atoms with E-state index in [9.17, 15) is 9.59 Å². The lowest BCUT2D eigenvalue weighted by Gasteiger charge is -2.19. The van der Waals surface area contributed by atoms with Crippen LogP contribution < -0.4 is 10.7 Å². The number of rotatable bonds is 3. The molecule has 1 aliphatic carbocycles. The Morgan fingerprint density at radius 2 is 2.00 bits per heavy atom. The number of carbonyl (C=O) groups is 2. The topological polar surface area (TPSA) is 81.7 Å². The maximum atomic E-state index is 11.3. The van der Waals surface area contributed by atoms with E-state index in [0.29, 0.717) is 6.42 Å². The molecule has 0 unspecified atom stereocenters. The molecule has 0 spiro atoms. The van der Waals surface area contributed by atoms with Crippen LogP contribution in [0.15, 0.2) is 0 Å². The Morgan fingerprint density at radius 1 is 1.33 bits per heavy atom. The summed E-state index contributed by atoms with van der Waals surface area (Å²) in [7, 11) is 3.39. The van der Waals surface area contributed by atoms with Crippen molar-refractivity contribution >= 4 is 12.0 Å². The van der Waals surface area contributed by atoms with Crippen LogP contribution in [0, 0.1) is 5.92 Å². The van der Waals surface area contributed by atoms with Crippen molar-refractivity contribution in [3.8, 4) is 0 Å². The molecule has 1 saturated carbocycles. The molecule has 3 N–H and O–H groups in total. The molecule has 1 aliphatic rings. The molecule has 6 heteroatoms. The predicted molar refractivity (Wildman–Crippen MR) is 54.1 cm³/mol. The Kier molecular flexibility index (Phi) is 3.90. The number of hydrogen-bond donors (Lipinski definition) is 3. The number of hydrogen-bond acceptors (Lipinski definition) is 3. The van der Waals surface area contributed by atoms with Crippen molar-refractivity contribution in [2.75, 3.05) is 14.1 Å². The number of nitrogens with zero attached hydrogens (tertiary/aromatic N) is 1. The fourth-order valence-corrected chi connectivity index (χ4v) is 1.83. The summed E-state index contributed by atoms with van der Waals surface area (Å²) in [5.74, 6) is -1.28. The van der Waals surface area contributed by atoms with Gasteiger partial charge in [0.15, 0.2) is 0 Å². The lowest BCUT2D eigenvalue weighted by molar-refractivity contribution is -0.142. The average Bonchev–Trinajstić information content (AvgIpc) is 2.50. The standard InChI is InChI=1S/C9H17N3O3/c1-12(2)11-9(15)10-7-5-3-4-6(7)8(13)14/h6-7H,3-5H2,1-2H3,(H,13,14)(H2,10,11,15)/t6-,7+/m0/s1. The first-order valence-corrected chi connectivity index (χ1v) is 4.98. The van der Waals surface area contributed by atoms with Gasteiger partial charge in [-0.05, 0) is 12.8 Å². The van der Waals surface area contributed by atoms with Gasteiger partial charge in [0, 0.05) is 20.1 Å². The van der Waals surface area contributed by atoms with Crippen molar-refractivity contribution in [3.63, 3.8) is 0 Å². The summed E-state index contributed by atoms with van der Waals surface area (Å²) in [6, 6.07) is -0.597. The zero-order valence-corrected chi connectivity index (χ0v) is 8.99. The molecule has 0 aromatic heterocycles. The van der Waals surface area contributed by atoms with Gasteiger partial charge >= 0.3 is 12.0 Å². The summed E-state index contributed by atoms with van der Waals surface area (Å²) in [6.45, 7) is 0. The Hall–Kier alpha value is -1.30. The predicted octanol–water partition coefficient (Wildman–Crippen LogP) is 0.0155. The van der Waals surface area contributed by atoms with Gasteiger partial charge in [0.2, 0.25) is 0 Å². The molecule has 1 rings (SSSR count). The van der Waals surface area contributed by atoms with Crippen LogP contribution in [0.2, 0.25) is 0 Å². The third-order valence-electron chi connectivity index (χ3n) is 2.47. The van der Waals surface area contributed by atoms with Gasteiger partial charge < -0.3 is 10.4 Å². The fraction of sp³-hybridized carbons (Fsp3) is 0.778. The minimum absolute atomic E-state index is 0.248. The summed E-state index contributed by atoms with van der Waals surface area (Å²) in [5, 5.41) is 13.1. The van der Waals surface area contributed by atoms with Crippen molar-refractivity contribution in [1.29, 1.82) is 0 Å². The summed E-state index contributed by atoms with van der Waals surface area (Å²) >= 11 is 0. The van der Waals surface area contributed by atoms with Crippen LogP contribution >= 0.6 is 0 Å². The molecule has 0 aliphatic heterocycles. The van der Waals surface area contributed by atoms with E-state index in [1.54, 1.807) is 14.1 Å². The van der Waals surface area contributed by atoms with Crippen molar-refractivity contribution in [2.45, 2.75) is 25.3 Å². The zero-order chi connectivity index (χ0) is 11.4. The minimum Gasteiger partial charge on any atom is -0.481 e. The molecule has 0 heterocycles. The molecule has 0 aromatic carbocycles. The molecule has 1 fully saturated rings. The summed E-state index contributed by atoms with van der Waals surface area (Å²) < 4.78 is 0. The van der Waals surface area contributed by atoms with Gasteiger partial charge in [0.05, 0.1) is 5.92 Å². The highest BCUT2D eigenvalue weighted by atomic mass is 16.4. The van der Waals surface area contributed by atoms with E-state index in [4.69, 9.17) is 5.11 Å². The van der Waals surface area contributed by atoms with E-state index in [-0.39, 0.29) is 12.1 Å². The Morgan fingerprint density at radius 3 is 2.53 bits per heavy atom. The van der Waals surface area contributed by atoms with Crippen molar-refractivity contribution in [3.05, 3.63) is 0 Å². The lowest BCUT2D eigenvalue weighted by atomic mass is 10.0. The van der Waals surface area contributed by atoms with Crippen molar-refractivity contribution < 1.29 is 14.7 Å². The largest absolute Gasteiger partial charge is 0.481 e. The quantitative estimate of drug-likeness (QED) is 0.579. The molecular formula is C9H17N3O3. The third-order valence-corrected chi connectivity index (χ3v) is 2.47. The van der Waals surface area contributed by atoms with Gasteiger partial charge in [0.1, 0.15) is 0 Å². The highest BCUT2D eigenvalue weighted by Crippen LogP contribution is 2.25. The van der Waals surface area contributed by atoms with Crippen LogP contribution in [0.3, 0.4) is 0 Å². The maximum Gasteiger partial charge on any atom is 0.329 e. The van der Waals surface area contributed by atoms with Gasteiger partial charge in [0.25, 0.3) is 0 Å². The second-order valence-electron chi connectivity index (χ2n) is 3.96. The van der Waals surface area contributed by atoms with Crippen LogP contribution in [0.4, 0.5) is 4.79 Å². The number of carbonyl (C=O) groups excluding carboxylic acids is 1. The molecule has 2 atom stereocenters. The number of carboxylic acid groups (broad SMARTS) is 1. The van der Waals surface area contributed by atoms with Crippen molar-refractivity contribution in [2.24, 2.45) is 5.92 Å². The monoisotopic (exact) mass is 215 g/mol. The number of hydrazine groups is 1. The number of nitrogens with one attached hydrogen (secondary N) is 2. The molecule has 0 aromatic rings. The first-order valence-electron chi connectivity index (χ1n) is 4.98.